The molecule has 1 aromatic rings. The molecule has 0 aliphatic carbocycles. The van der Waals surface area contributed by atoms with Gasteiger partial charge >= 0.3 is 23.7 Å². The summed E-state index contributed by atoms with van der Waals surface area (Å²) < 4.78 is 8.25. The number of aliphatic hydroxyl groups is 2. The van der Waals surface area contributed by atoms with Crippen molar-refractivity contribution >= 4 is 17.3 Å². The molecular weight excluding hydrogens is 466 g/mol. The maximum absolute atomic E-state index is 12.5. The fraction of sp³-hybridized carbons (Fsp3) is 0.704. The Labute approximate surface area is 217 Å². The van der Waals surface area contributed by atoms with Gasteiger partial charge < -0.3 is 15.9 Å². The van der Waals surface area contributed by atoms with Crippen molar-refractivity contribution in [2.24, 2.45) is 5.92 Å². The molecule has 34 heavy (non-hydrogen) atoms. The summed E-state index contributed by atoms with van der Waals surface area (Å²) >= 11 is 0.750. The van der Waals surface area contributed by atoms with Crippen LogP contribution in [0.5, 0.6) is 0 Å². The van der Waals surface area contributed by atoms with E-state index in [1.54, 1.807) is 0 Å². The number of hydrogen-bond donors (Lipinski definition) is 3. The molecule has 192 valence electrons. The van der Waals surface area contributed by atoms with Crippen LogP contribution in [-0.4, -0.2) is 34.0 Å². The van der Waals surface area contributed by atoms with E-state index in [9.17, 15) is 19.8 Å². The molecule has 1 rings (SSSR count). The zero-order valence-electron chi connectivity index (χ0n) is 21.2. The second-order valence-electron chi connectivity index (χ2n) is 9.57. The zero-order valence-corrected chi connectivity index (χ0v) is 22.8. The van der Waals surface area contributed by atoms with Crippen molar-refractivity contribution in [2.45, 2.75) is 109 Å². The van der Waals surface area contributed by atoms with Crippen molar-refractivity contribution in [3.63, 3.8) is 0 Å². The molecule has 0 radical (unpaired) electrons. The van der Waals surface area contributed by atoms with Gasteiger partial charge in [-0.3, -0.25) is 9.59 Å². The van der Waals surface area contributed by atoms with Crippen LogP contribution in [-0.2, 0) is 28.5 Å². The summed E-state index contributed by atoms with van der Waals surface area (Å²) in [6.07, 6.45) is 15.7. The van der Waals surface area contributed by atoms with Crippen LogP contribution in [0.25, 0.3) is 0 Å². The van der Waals surface area contributed by atoms with Crippen LogP contribution >= 0.6 is 0 Å². The van der Waals surface area contributed by atoms with Crippen LogP contribution in [0.4, 0.5) is 5.69 Å². The molecule has 0 fully saturated rings. The van der Waals surface area contributed by atoms with Crippen LogP contribution in [0.15, 0.2) is 24.3 Å². The third kappa shape index (κ3) is 13.6. The van der Waals surface area contributed by atoms with E-state index in [2.05, 4.69) is 13.8 Å². The summed E-state index contributed by atoms with van der Waals surface area (Å²) in [6.45, 7) is 3.67. The molecule has 0 spiro atoms. The van der Waals surface area contributed by atoms with Gasteiger partial charge in [0, 0.05) is 17.7 Å². The number of carbonyl (C=O) groups excluding carboxylic acids is 2. The first-order chi connectivity index (χ1) is 16.3. The molecular formula is C27H45NO5Ti. The van der Waals surface area contributed by atoms with Crippen LogP contribution in [0.1, 0.15) is 114 Å². The molecule has 4 N–H and O–H groups in total. The Bertz CT molecular complexity index is 680. The van der Waals surface area contributed by atoms with Gasteiger partial charge in [0.25, 0.3) is 0 Å². The molecule has 1 aromatic carbocycles. The second-order valence-corrected chi connectivity index (χ2v) is 9.57. The van der Waals surface area contributed by atoms with E-state index in [0.29, 0.717) is 12.1 Å². The number of hydrogen-bond acceptors (Lipinski definition) is 6. The van der Waals surface area contributed by atoms with Gasteiger partial charge in [0.15, 0.2) is 5.78 Å². The summed E-state index contributed by atoms with van der Waals surface area (Å²) in [6, 6.07) is 5.98. The first-order valence-electron chi connectivity index (χ1n) is 12.8. The average molecular weight is 512 g/mol. The predicted molar refractivity (Wildman–Crippen MR) is 132 cm³/mol. The van der Waals surface area contributed by atoms with E-state index in [1.807, 2.05) is 0 Å². The third-order valence-electron chi connectivity index (χ3n) is 6.17. The van der Waals surface area contributed by atoms with Crippen molar-refractivity contribution in [3.8, 4) is 0 Å². The Balaban J connectivity index is 0.00000529. The van der Waals surface area contributed by atoms with E-state index in [-0.39, 0.29) is 12.0 Å². The number of nitrogen functional groups attached to an aromatic ring is 1. The molecule has 0 bridgehead atoms. The number of Topliss-reactive ketones (excluding diaryl/α,β-unsaturated/α-hetero) is 2. The Morgan fingerprint density at radius 2 is 1.24 bits per heavy atom. The molecule has 7 heteroatoms. The minimum absolute atomic E-state index is 0.0918. The minimum atomic E-state index is -2.37. The molecule has 1 atom stereocenters. The summed E-state index contributed by atoms with van der Waals surface area (Å²) in [5.74, 6) is -0.564. The molecule has 1 unspecified atom stereocenters. The normalized spacial score (nSPS) is 12.6. The summed E-state index contributed by atoms with van der Waals surface area (Å²) in [5, 5.41) is 20.1. The summed E-state index contributed by atoms with van der Waals surface area (Å²) in [7, 11) is 0. The molecule has 0 amide bonds. The first kappa shape index (κ1) is 32.8. The van der Waals surface area contributed by atoms with Crippen molar-refractivity contribution in [3.05, 3.63) is 29.8 Å². The topological polar surface area (TPSA) is 118 Å². The number of anilines is 1. The fourth-order valence-electron chi connectivity index (χ4n) is 3.97. The van der Waals surface area contributed by atoms with Gasteiger partial charge in [-0.25, -0.2) is 0 Å². The van der Waals surface area contributed by atoms with Gasteiger partial charge in [0.05, 0.1) is 6.61 Å². The van der Waals surface area contributed by atoms with Crippen LogP contribution in [0.2, 0.25) is 0 Å². The van der Waals surface area contributed by atoms with Crippen molar-refractivity contribution < 1.29 is 43.5 Å². The first-order valence-corrected chi connectivity index (χ1v) is 13.4. The number of benzene rings is 1. The van der Waals surface area contributed by atoms with Gasteiger partial charge in [-0.15, -0.1) is 0 Å². The fourth-order valence-corrected chi connectivity index (χ4v) is 3.97. The van der Waals surface area contributed by atoms with Gasteiger partial charge in [-0.2, -0.15) is 0 Å². The number of carbonyl (C=O) groups is 2. The SMILES string of the molecule is CC(C)CCCCCCCCCCCCCCC(=O)C(O)(CO)C(=O)c1ccc(N)cc1.[O]=[Ti]. The molecule has 0 heterocycles. The van der Waals surface area contributed by atoms with Gasteiger partial charge in [0.1, 0.15) is 0 Å². The van der Waals surface area contributed by atoms with E-state index < -0.39 is 23.8 Å². The standard InChI is InChI=1S/C27H45NO4.O.Ti/c1-22(2)15-13-11-9-7-5-3-4-6-8-10-12-14-16-25(30)27(32,21-29)26(31)23-17-19-24(28)20-18-23;;/h17-20,22,29,32H,3-16,21,28H2,1-2H3;;. The van der Waals surface area contributed by atoms with E-state index >= 15 is 0 Å². The number of ketones is 2. The third-order valence-corrected chi connectivity index (χ3v) is 6.17. The van der Waals surface area contributed by atoms with Crippen molar-refractivity contribution in [2.75, 3.05) is 12.3 Å². The van der Waals surface area contributed by atoms with Gasteiger partial charge in [-0.05, 0) is 36.6 Å². The predicted octanol–water partition coefficient (Wildman–Crippen LogP) is 5.74. The maximum atomic E-state index is 12.5. The van der Waals surface area contributed by atoms with Crippen LogP contribution in [0, 0.1) is 5.92 Å². The average Bonchev–Trinajstić information content (AvgIpc) is 2.84. The summed E-state index contributed by atoms with van der Waals surface area (Å²) in [5.41, 5.74) is 3.89. The number of aliphatic hydroxyl groups excluding tert-OH is 1. The van der Waals surface area contributed by atoms with Gasteiger partial charge in [-0.1, -0.05) is 90.9 Å². The molecule has 0 aliphatic heterocycles. The second kappa shape index (κ2) is 20.0. The van der Waals surface area contributed by atoms with Crippen LogP contribution < -0.4 is 5.73 Å². The molecule has 0 saturated carbocycles. The van der Waals surface area contributed by atoms with E-state index in [1.165, 1.54) is 82.1 Å². The van der Waals surface area contributed by atoms with E-state index in [4.69, 9.17) is 9.06 Å². The Morgan fingerprint density at radius 3 is 1.65 bits per heavy atom. The van der Waals surface area contributed by atoms with Crippen molar-refractivity contribution in [1.29, 1.82) is 0 Å². The van der Waals surface area contributed by atoms with Crippen LogP contribution in [0.3, 0.4) is 0 Å². The van der Waals surface area contributed by atoms with Gasteiger partial charge in [0.2, 0.25) is 11.4 Å². The number of rotatable bonds is 19. The molecule has 0 aliphatic rings. The summed E-state index contributed by atoms with van der Waals surface area (Å²) in [4.78, 5) is 25.0. The quantitative estimate of drug-likeness (QED) is 0.0717. The molecule has 0 saturated heterocycles. The monoisotopic (exact) mass is 511 g/mol. The Morgan fingerprint density at radius 1 is 0.824 bits per heavy atom. The van der Waals surface area contributed by atoms with E-state index in [0.717, 1.165) is 45.6 Å². The molecule has 0 aromatic heterocycles. The Kier molecular flexibility index (Phi) is 19.3. The molecule has 6 nitrogen and oxygen atoms in total. The Hall–Kier alpha value is -1.21. The zero-order chi connectivity index (χ0) is 25.8. The van der Waals surface area contributed by atoms with Crippen molar-refractivity contribution in [1.82, 2.24) is 0 Å². The number of nitrogens with two attached hydrogens (primary N) is 1. The number of unbranched alkanes of at least 4 members (excludes halogenated alkanes) is 11.